The Morgan fingerprint density at radius 1 is 1.14 bits per heavy atom. The van der Waals surface area contributed by atoms with Crippen molar-refractivity contribution in [2.75, 3.05) is 5.32 Å². The number of carbonyl (C=O) groups is 1. The minimum atomic E-state index is -0.485. The number of aromatic hydroxyl groups is 1. The fourth-order valence-corrected chi connectivity index (χ4v) is 3.34. The molecule has 0 saturated carbocycles. The van der Waals surface area contributed by atoms with Gasteiger partial charge in [0.15, 0.2) is 0 Å². The monoisotopic (exact) mass is 495 g/mol. The summed E-state index contributed by atoms with van der Waals surface area (Å²) in [6.07, 6.45) is 0. The van der Waals surface area contributed by atoms with Gasteiger partial charge in [0.25, 0.3) is 5.91 Å². The second-order valence-electron chi connectivity index (χ2n) is 4.25. The average molecular weight is 498 g/mol. The van der Waals surface area contributed by atoms with Gasteiger partial charge in [-0.25, -0.2) is 0 Å². The number of benzene rings is 2. The summed E-state index contributed by atoms with van der Waals surface area (Å²) in [6.45, 7) is 1.77. The van der Waals surface area contributed by atoms with Gasteiger partial charge in [0.05, 0.1) is 9.50 Å². The van der Waals surface area contributed by atoms with E-state index in [1.165, 1.54) is 0 Å². The Bertz CT molecular complexity index is 688. The van der Waals surface area contributed by atoms with Gasteiger partial charge in [-0.05, 0) is 68.6 Å². The Kier molecular flexibility index (Phi) is 5.35. The molecule has 2 aromatic carbocycles. The van der Waals surface area contributed by atoms with Gasteiger partial charge in [0, 0.05) is 14.6 Å². The number of amides is 1. The zero-order valence-electron chi connectivity index (χ0n) is 10.7. The molecule has 0 aromatic heterocycles. The maximum Gasteiger partial charge on any atom is 0.261 e. The Labute approximate surface area is 152 Å². The van der Waals surface area contributed by atoms with Gasteiger partial charge in [-0.3, -0.25) is 4.79 Å². The van der Waals surface area contributed by atoms with Crippen LogP contribution in [0.3, 0.4) is 0 Å². The summed E-state index contributed by atoms with van der Waals surface area (Å²) in [7, 11) is 0. The van der Waals surface area contributed by atoms with Crippen molar-refractivity contribution < 1.29 is 9.90 Å². The Balaban J connectivity index is 2.42. The first-order valence-electron chi connectivity index (χ1n) is 5.76. The van der Waals surface area contributed by atoms with Crippen LogP contribution in [-0.2, 0) is 0 Å². The number of rotatable bonds is 2. The summed E-state index contributed by atoms with van der Waals surface area (Å²) in [5, 5.41) is 13.0. The largest absolute Gasteiger partial charge is 0.506 e. The molecule has 2 N–H and O–H groups in total. The number of hydrogen-bond donors (Lipinski definition) is 2. The van der Waals surface area contributed by atoms with Crippen LogP contribution in [0.15, 0.2) is 37.7 Å². The van der Waals surface area contributed by atoms with E-state index in [9.17, 15) is 9.90 Å². The molecule has 7 heteroatoms. The number of nitrogens with one attached hydrogen (secondary N) is 1. The van der Waals surface area contributed by atoms with E-state index in [0.29, 0.717) is 14.6 Å². The molecule has 0 bridgehead atoms. The molecule has 0 saturated heterocycles. The summed E-state index contributed by atoms with van der Waals surface area (Å²) in [4.78, 5) is 12.3. The number of phenols is 1. The maximum atomic E-state index is 12.3. The van der Waals surface area contributed by atoms with Crippen LogP contribution in [0.25, 0.3) is 0 Å². The molecule has 2 rings (SSSR count). The van der Waals surface area contributed by atoms with Crippen molar-refractivity contribution in [2.24, 2.45) is 0 Å². The normalized spacial score (nSPS) is 10.5. The molecular weight excluding hydrogens is 489 g/mol. The van der Waals surface area contributed by atoms with Crippen molar-refractivity contribution in [1.82, 2.24) is 0 Å². The van der Waals surface area contributed by atoms with E-state index in [1.807, 2.05) is 0 Å². The summed E-state index contributed by atoms with van der Waals surface area (Å²) >= 11 is 16.1. The van der Waals surface area contributed by atoms with Crippen LogP contribution in [0.2, 0.25) is 5.02 Å². The van der Waals surface area contributed by atoms with Crippen molar-refractivity contribution in [3.05, 3.63) is 53.8 Å². The van der Waals surface area contributed by atoms with Gasteiger partial charge in [0.2, 0.25) is 0 Å². The molecule has 2 aromatic rings. The minimum Gasteiger partial charge on any atom is -0.506 e. The first kappa shape index (κ1) is 16.8. The summed E-state index contributed by atoms with van der Waals surface area (Å²) in [6, 6.07) is 7.09. The highest BCUT2D eigenvalue weighted by Gasteiger charge is 2.23. The van der Waals surface area contributed by atoms with E-state index in [-0.39, 0.29) is 16.3 Å². The predicted molar refractivity (Wildman–Crippen MR) is 95.3 cm³/mol. The standard InChI is InChI=1S/C14H9Br3ClNO2/c1-6-10(16)12(18)9(13(20)11(6)17)14(21)19-8-4-2-7(15)3-5-8/h2-5,20H,1H3,(H,19,21). The molecular formula is C14H9Br3ClNO2. The number of anilines is 1. The molecule has 0 atom stereocenters. The second-order valence-corrected chi connectivity index (χ2v) is 7.13. The minimum absolute atomic E-state index is 0.0175. The lowest BCUT2D eigenvalue weighted by molar-refractivity contribution is 0.102. The van der Waals surface area contributed by atoms with E-state index < -0.39 is 5.91 Å². The molecule has 0 spiro atoms. The molecule has 0 heterocycles. The summed E-state index contributed by atoms with van der Waals surface area (Å²) in [5.74, 6) is -0.670. The molecule has 21 heavy (non-hydrogen) atoms. The van der Waals surface area contributed by atoms with Gasteiger partial charge in [0.1, 0.15) is 11.3 Å². The average Bonchev–Trinajstić information content (AvgIpc) is 2.46. The molecule has 110 valence electrons. The van der Waals surface area contributed by atoms with Crippen LogP contribution in [0.5, 0.6) is 5.75 Å². The lowest BCUT2D eigenvalue weighted by atomic mass is 10.1. The molecule has 0 unspecified atom stereocenters. The van der Waals surface area contributed by atoms with E-state index in [2.05, 4.69) is 53.1 Å². The number of carbonyl (C=O) groups excluding carboxylic acids is 1. The lowest BCUT2D eigenvalue weighted by Crippen LogP contribution is -2.13. The van der Waals surface area contributed by atoms with Crippen LogP contribution in [-0.4, -0.2) is 11.0 Å². The molecule has 0 aliphatic carbocycles. The van der Waals surface area contributed by atoms with Crippen molar-refractivity contribution >= 4 is 71.0 Å². The highest BCUT2D eigenvalue weighted by atomic mass is 79.9. The first-order chi connectivity index (χ1) is 9.82. The van der Waals surface area contributed by atoms with E-state index >= 15 is 0 Å². The highest BCUT2D eigenvalue weighted by molar-refractivity contribution is 9.11. The third-order valence-electron chi connectivity index (χ3n) is 2.84. The van der Waals surface area contributed by atoms with Crippen LogP contribution < -0.4 is 5.32 Å². The SMILES string of the molecule is Cc1c(Br)c(O)c(C(=O)Nc2ccc(Br)cc2)c(Cl)c1Br. The highest BCUT2D eigenvalue weighted by Crippen LogP contribution is 2.42. The summed E-state index contributed by atoms with van der Waals surface area (Å²) in [5.41, 5.74) is 1.34. The zero-order valence-corrected chi connectivity index (χ0v) is 16.2. The van der Waals surface area contributed by atoms with Crippen LogP contribution in [0.1, 0.15) is 15.9 Å². The van der Waals surface area contributed by atoms with Crippen LogP contribution >= 0.6 is 59.4 Å². The smallest absolute Gasteiger partial charge is 0.261 e. The predicted octanol–water partition coefficient (Wildman–Crippen LogP) is 5.89. The van der Waals surface area contributed by atoms with E-state index in [1.54, 1.807) is 31.2 Å². The van der Waals surface area contributed by atoms with Crippen molar-refractivity contribution in [3.63, 3.8) is 0 Å². The first-order valence-corrected chi connectivity index (χ1v) is 8.51. The third kappa shape index (κ3) is 3.44. The fraction of sp³-hybridized carbons (Fsp3) is 0.0714. The van der Waals surface area contributed by atoms with Crippen LogP contribution in [0, 0.1) is 6.92 Å². The Morgan fingerprint density at radius 2 is 1.71 bits per heavy atom. The van der Waals surface area contributed by atoms with E-state index in [0.717, 1.165) is 10.0 Å². The fourth-order valence-electron chi connectivity index (χ4n) is 1.70. The third-order valence-corrected chi connectivity index (χ3v) is 5.94. The number of phenolic OH excluding ortho intramolecular Hbond substituents is 1. The molecule has 0 radical (unpaired) electrons. The Hall–Kier alpha value is -0.560. The molecule has 0 fully saturated rings. The molecule has 0 aliphatic rings. The van der Waals surface area contributed by atoms with Gasteiger partial charge >= 0.3 is 0 Å². The second kappa shape index (κ2) is 6.69. The number of hydrogen-bond acceptors (Lipinski definition) is 2. The Morgan fingerprint density at radius 3 is 2.29 bits per heavy atom. The zero-order chi connectivity index (χ0) is 15.7. The topological polar surface area (TPSA) is 49.3 Å². The quantitative estimate of drug-likeness (QED) is 0.507. The van der Waals surface area contributed by atoms with Gasteiger partial charge in [-0.15, -0.1) is 0 Å². The van der Waals surface area contributed by atoms with Crippen molar-refractivity contribution in [1.29, 1.82) is 0 Å². The molecule has 3 nitrogen and oxygen atoms in total. The maximum absolute atomic E-state index is 12.3. The summed E-state index contributed by atoms with van der Waals surface area (Å²) < 4.78 is 1.90. The van der Waals surface area contributed by atoms with Gasteiger partial charge in [-0.2, -0.15) is 0 Å². The van der Waals surface area contributed by atoms with E-state index in [4.69, 9.17) is 11.6 Å². The van der Waals surface area contributed by atoms with Crippen molar-refractivity contribution in [3.8, 4) is 5.75 Å². The van der Waals surface area contributed by atoms with Crippen molar-refractivity contribution in [2.45, 2.75) is 6.92 Å². The molecule has 1 amide bonds. The molecule has 0 aliphatic heterocycles. The van der Waals surface area contributed by atoms with Gasteiger partial charge in [-0.1, -0.05) is 27.5 Å². The number of halogens is 4. The van der Waals surface area contributed by atoms with Crippen LogP contribution in [0.4, 0.5) is 5.69 Å². The lowest BCUT2D eigenvalue weighted by Gasteiger charge is -2.14. The van der Waals surface area contributed by atoms with Gasteiger partial charge < -0.3 is 10.4 Å².